The fourth-order valence-corrected chi connectivity index (χ4v) is 2.87. The molecule has 0 aromatic heterocycles. The van der Waals surface area contributed by atoms with E-state index in [0.29, 0.717) is 6.54 Å². The zero-order chi connectivity index (χ0) is 11.4. The number of carbonyl (C=O) groups excluding carboxylic acids is 1. The Kier molecular flexibility index (Phi) is 2.06. The number of rotatable bonds is 1. The smallest absolute Gasteiger partial charge is 0.270 e. The summed E-state index contributed by atoms with van der Waals surface area (Å²) < 4.78 is 27.2. The van der Waals surface area contributed by atoms with Gasteiger partial charge < -0.3 is 10.2 Å². The molecule has 0 aromatic carbocycles. The number of halogens is 2. The molecule has 1 spiro atoms. The quantitative estimate of drug-likeness (QED) is 0.724. The van der Waals surface area contributed by atoms with E-state index in [1.165, 1.54) is 0 Å². The van der Waals surface area contributed by atoms with E-state index in [9.17, 15) is 13.6 Å². The fourth-order valence-electron chi connectivity index (χ4n) is 2.87. The third-order valence-electron chi connectivity index (χ3n) is 4.34. The predicted octanol–water partition coefficient (Wildman–Crippen LogP) is 0.854. The second-order valence-electron chi connectivity index (χ2n) is 5.41. The van der Waals surface area contributed by atoms with Gasteiger partial charge in [-0.25, -0.2) is 8.78 Å². The van der Waals surface area contributed by atoms with Crippen molar-refractivity contribution < 1.29 is 13.6 Å². The minimum Gasteiger partial charge on any atom is -0.341 e. The monoisotopic (exact) mass is 230 g/mol. The Bertz CT molecular complexity index is 322. The number of alkyl halides is 2. The van der Waals surface area contributed by atoms with E-state index in [2.05, 4.69) is 5.32 Å². The molecule has 0 atom stereocenters. The Morgan fingerprint density at radius 2 is 1.94 bits per heavy atom. The number of nitrogens with one attached hydrogen (secondary N) is 1. The average Bonchev–Trinajstić information content (AvgIpc) is 2.34. The first kappa shape index (κ1) is 10.4. The molecule has 2 saturated heterocycles. The third kappa shape index (κ3) is 1.24. The van der Waals surface area contributed by atoms with E-state index < -0.39 is 11.3 Å². The molecular weight excluding hydrogens is 214 g/mol. The molecule has 90 valence electrons. The van der Waals surface area contributed by atoms with Crippen molar-refractivity contribution >= 4 is 5.91 Å². The molecule has 0 unspecified atom stereocenters. The SMILES string of the molecule is O=C(C1CCC1)N1CC2(CNCC2(F)F)C1. The van der Waals surface area contributed by atoms with Gasteiger partial charge in [-0.3, -0.25) is 4.79 Å². The number of amides is 1. The van der Waals surface area contributed by atoms with Crippen molar-refractivity contribution in [3.63, 3.8) is 0 Å². The van der Waals surface area contributed by atoms with Crippen LogP contribution in [-0.2, 0) is 4.79 Å². The van der Waals surface area contributed by atoms with Crippen LogP contribution in [0.3, 0.4) is 0 Å². The molecule has 1 amide bonds. The molecule has 3 nitrogen and oxygen atoms in total. The second-order valence-corrected chi connectivity index (χ2v) is 5.41. The molecule has 0 aromatic rings. The lowest BCUT2D eigenvalue weighted by Crippen LogP contribution is -2.66. The van der Waals surface area contributed by atoms with E-state index in [1.807, 2.05) is 0 Å². The van der Waals surface area contributed by atoms with E-state index >= 15 is 0 Å². The molecule has 16 heavy (non-hydrogen) atoms. The van der Waals surface area contributed by atoms with Gasteiger partial charge in [0.2, 0.25) is 5.91 Å². The summed E-state index contributed by atoms with van der Waals surface area (Å²) in [5.41, 5.74) is -0.966. The maximum Gasteiger partial charge on any atom is 0.270 e. The maximum atomic E-state index is 13.6. The van der Waals surface area contributed by atoms with Gasteiger partial charge >= 0.3 is 0 Å². The predicted molar refractivity (Wildman–Crippen MR) is 54.2 cm³/mol. The van der Waals surface area contributed by atoms with Crippen molar-refractivity contribution in [2.24, 2.45) is 11.3 Å². The number of carbonyl (C=O) groups is 1. The van der Waals surface area contributed by atoms with Crippen LogP contribution < -0.4 is 5.32 Å². The van der Waals surface area contributed by atoms with Gasteiger partial charge in [0.05, 0.1) is 12.0 Å². The molecule has 0 bridgehead atoms. The standard InChI is InChI=1S/C11H16F2N2O/c12-11(13)5-14-4-10(11)6-15(7-10)9(16)8-2-1-3-8/h8,14H,1-7H2. The van der Waals surface area contributed by atoms with Crippen LogP contribution in [0.2, 0.25) is 0 Å². The summed E-state index contributed by atoms with van der Waals surface area (Å²) in [5, 5.41) is 2.73. The highest BCUT2D eigenvalue weighted by Gasteiger charge is 2.64. The van der Waals surface area contributed by atoms with E-state index in [4.69, 9.17) is 0 Å². The molecular formula is C11H16F2N2O. The minimum absolute atomic E-state index is 0.0968. The zero-order valence-electron chi connectivity index (χ0n) is 9.14. The Labute approximate surface area is 93.2 Å². The van der Waals surface area contributed by atoms with Crippen LogP contribution in [0.5, 0.6) is 0 Å². The van der Waals surface area contributed by atoms with E-state index in [0.717, 1.165) is 19.3 Å². The van der Waals surface area contributed by atoms with Crippen molar-refractivity contribution in [2.45, 2.75) is 25.2 Å². The summed E-state index contributed by atoms with van der Waals surface area (Å²) in [4.78, 5) is 13.4. The molecule has 5 heteroatoms. The number of likely N-dealkylation sites (tertiary alicyclic amines) is 1. The first-order valence-corrected chi connectivity index (χ1v) is 5.91. The van der Waals surface area contributed by atoms with Gasteiger partial charge in [0, 0.05) is 25.6 Å². The van der Waals surface area contributed by atoms with E-state index in [-0.39, 0.29) is 31.5 Å². The van der Waals surface area contributed by atoms with Gasteiger partial charge in [0.15, 0.2) is 0 Å². The highest BCUT2D eigenvalue weighted by atomic mass is 19.3. The second kappa shape index (κ2) is 3.15. The number of hydrogen-bond donors (Lipinski definition) is 1. The van der Waals surface area contributed by atoms with Crippen LogP contribution in [0, 0.1) is 11.3 Å². The normalized spacial score (nSPS) is 31.2. The molecule has 0 radical (unpaired) electrons. The van der Waals surface area contributed by atoms with Gasteiger partial charge in [-0.2, -0.15) is 0 Å². The first-order valence-electron chi connectivity index (χ1n) is 5.91. The topological polar surface area (TPSA) is 32.3 Å². The van der Waals surface area contributed by atoms with Gasteiger partial charge in [0.25, 0.3) is 5.92 Å². The van der Waals surface area contributed by atoms with Crippen LogP contribution in [0.15, 0.2) is 0 Å². The van der Waals surface area contributed by atoms with Crippen molar-refractivity contribution in [1.29, 1.82) is 0 Å². The average molecular weight is 230 g/mol. The van der Waals surface area contributed by atoms with Crippen molar-refractivity contribution in [1.82, 2.24) is 10.2 Å². The summed E-state index contributed by atoms with van der Waals surface area (Å²) in [6.07, 6.45) is 2.99. The summed E-state index contributed by atoms with van der Waals surface area (Å²) in [6.45, 7) is 0.581. The molecule has 2 aliphatic heterocycles. The maximum absolute atomic E-state index is 13.6. The molecule has 1 N–H and O–H groups in total. The minimum atomic E-state index is -2.65. The number of nitrogens with zero attached hydrogens (tertiary/aromatic N) is 1. The lowest BCUT2D eigenvalue weighted by Gasteiger charge is -2.51. The molecule has 1 aliphatic carbocycles. The molecule has 1 saturated carbocycles. The van der Waals surface area contributed by atoms with Crippen LogP contribution in [0.25, 0.3) is 0 Å². The van der Waals surface area contributed by atoms with Gasteiger partial charge in [-0.15, -0.1) is 0 Å². The van der Waals surface area contributed by atoms with Crippen molar-refractivity contribution in [3.05, 3.63) is 0 Å². The highest BCUT2D eigenvalue weighted by molar-refractivity contribution is 5.80. The van der Waals surface area contributed by atoms with Gasteiger partial charge in [-0.1, -0.05) is 6.42 Å². The lowest BCUT2D eigenvalue weighted by atomic mass is 9.74. The summed E-state index contributed by atoms with van der Waals surface area (Å²) in [7, 11) is 0. The van der Waals surface area contributed by atoms with Crippen molar-refractivity contribution in [2.75, 3.05) is 26.2 Å². The molecule has 3 aliphatic rings. The Morgan fingerprint density at radius 3 is 2.38 bits per heavy atom. The molecule has 2 heterocycles. The van der Waals surface area contributed by atoms with Crippen molar-refractivity contribution in [3.8, 4) is 0 Å². The third-order valence-corrected chi connectivity index (χ3v) is 4.34. The Balaban J connectivity index is 1.63. The van der Waals surface area contributed by atoms with Crippen LogP contribution in [-0.4, -0.2) is 42.9 Å². The first-order chi connectivity index (χ1) is 7.54. The van der Waals surface area contributed by atoms with Crippen LogP contribution in [0.1, 0.15) is 19.3 Å². The Morgan fingerprint density at radius 1 is 1.25 bits per heavy atom. The zero-order valence-corrected chi connectivity index (χ0v) is 9.14. The fraction of sp³-hybridized carbons (Fsp3) is 0.909. The number of hydrogen-bond acceptors (Lipinski definition) is 2. The van der Waals surface area contributed by atoms with E-state index in [1.54, 1.807) is 4.90 Å². The highest BCUT2D eigenvalue weighted by Crippen LogP contribution is 2.47. The van der Waals surface area contributed by atoms with Crippen LogP contribution >= 0.6 is 0 Å². The largest absolute Gasteiger partial charge is 0.341 e. The van der Waals surface area contributed by atoms with Crippen LogP contribution in [0.4, 0.5) is 8.78 Å². The summed E-state index contributed by atoms with van der Waals surface area (Å²) in [5.74, 6) is -2.43. The molecule has 3 rings (SSSR count). The summed E-state index contributed by atoms with van der Waals surface area (Å²) in [6, 6.07) is 0. The lowest BCUT2D eigenvalue weighted by molar-refractivity contribution is -0.178. The summed E-state index contributed by atoms with van der Waals surface area (Å²) >= 11 is 0. The van der Waals surface area contributed by atoms with Gasteiger partial charge in [0.1, 0.15) is 0 Å². The molecule has 3 fully saturated rings. The van der Waals surface area contributed by atoms with Gasteiger partial charge in [-0.05, 0) is 12.8 Å². The Hall–Kier alpha value is -0.710.